The summed E-state index contributed by atoms with van der Waals surface area (Å²) in [4.78, 5) is 24.0. The summed E-state index contributed by atoms with van der Waals surface area (Å²) in [5, 5.41) is 2.79. The third-order valence-corrected chi connectivity index (χ3v) is 4.21. The van der Waals surface area contributed by atoms with Crippen LogP contribution in [0, 0.1) is 0 Å². The second-order valence-electron chi connectivity index (χ2n) is 6.31. The van der Waals surface area contributed by atoms with Crippen molar-refractivity contribution in [2.75, 3.05) is 12.9 Å². The average molecular weight is 323 g/mol. The van der Waals surface area contributed by atoms with Gasteiger partial charge >= 0.3 is 5.97 Å². The Morgan fingerprint density at radius 2 is 1.82 bits per heavy atom. The SMILES string of the molecule is COC(=O)CC(C)NC(=O)CSc1ccc(C(C)(C)C)cc1. The smallest absolute Gasteiger partial charge is 0.307 e. The van der Waals surface area contributed by atoms with Crippen LogP contribution in [-0.2, 0) is 19.7 Å². The Bertz CT molecular complexity index is 506. The number of nitrogens with one attached hydrogen (secondary N) is 1. The highest BCUT2D eigenvalue weighted by Gasteiger charge is 2.14. The van der Waals surface area contributed by atoms with Gasteiger partial charge in [-0.2, -0.15) is 0 Å². The lowest BCUT2D eigenvalue weighted by atomic mass is 9.87. The van der Waals surface area contributed by atoms with Crippen molar-refractivity contribution >= 4 is 23.6 Å². The van der Waals surface area contributed by atoms with Crippen molar-refractivity contribution in [3.05, 3.63) is 29.8 Å². The van der Waals surface area contributed by atoms with Gasteiger partial charge in [0.05, 0.1) is 19.3 Å². The van der Waals surface area contributed by atoms with Crippen LogP contribution in [0.2, 0.25) is 0 Å². The van der Waals surface area contributed by atoms with Gasteiger partial charge < -0.3 is 10.1 Å². The summed E-state index contributed by atoms with van der Waals surface area (Å²) >= 11 is 1.49. The van der Waals surface area contributed by atoms with Crippen molar-refractivity contribution in [2.45, 2.75) is 50.5 Å². The number of carbonyl (C=O) groups excluding carboxylic acids is 2. The van der Waals surface area contributed by atoms with Crippen molar-refractivity contribution in [1.29, 1.82) is 0 Å². The molecule has 22 heavy (non-hydrogen) atoms. The van der Waals surface area contributed by atoms with Gasteiger partial charge in [0.15, 0.2) is 0 Å². The van der Waals surface area contributed by atoms with Crippen molar-refractivity contribution in [2.24, 2.45) is 0 Å². The first-order valence-corrected chi connectivity index (χ1v) is 8.30. The van der Waals surface area contributed by atoms with E-state index < -0.39 is 0 Å². The first-order valence-electron chi connectivity index (χ1n) is 7.32. The predicted octanol–water partition coefficient (Wildman–Crippen LogP) is 3.14. The van der Waals surface area contributed by atoms with E-state index in [0.29, 0.717) is 5.75 Å². The van der Waals surface area contributed by atoms with Gasteiger partial charge in [-0.25, -0.2) is 0 Å². The Morgan fingerprint density at radius 1 is 1.23 bits per heavy atom. The Morgan fingerprint density at radius 3 is 2.32 bits per heavy atom. The fraction of sp³-hybridized carbons (Fsp3) is 0.529. The normalized spacial score (nSPS) is 12.6. The molecule has 0 saturated heterocycles. The molecule has 1 amide bonds. The molecule has 122 valence electrons. The van der Waals surface area contributed by atoms with Crippen LogP contribution in [0.4, 0.5) is 0 Å². The number of rotatable bonds is 6. The van der Waals surface area contributed by atoms with Crippen LogP contribution in [0.25, 0.3) is 0 Å². The molecule has 1 unspecified atom stereocenters. The maximum Gasteiger partial charge on any atom is 0.307 e. The van der Waals surface area contributed by atoms with Crippen LogP contribution < -0.4 is 5.32 Å². The van der Waals surface area contributed by atoms with Crippen LogP contribution in [0.3, 0.4) is 0 Å². The Balaban J connectivity index is 2.42. The molecule has 0 fully saturated rings. The number of thioether (sulfide) groups is 1. The highest BCUT2D eigenvalue weighted by atomic mass is 32.2. The number of hydrogen-bond donors (Lipinski definition) is 1. The third kappa shape index (κ3) is 6.52. The number of carbonyl (C=O) groups is 2. The predicted molar refractivity (Wildman–Crippen MR) is 90.1 cm³/mol. The molecule has 0 bridgehead atoms. The zero-order valence-electron chi connectivity index (χ0n) is 13.9. The fourth-order valence-corrected chi connectivity index (χ4v) is 2.61. The van der Waals surface area contributed by atoms with Gasteiger partial charge in [-0.3, -0.25) is 9.59 Å². The number of methoxy groups -OCH3 is 1. The molecule has 0 saturated carbocycles. The monoisotopic (exact) mass is 323 g/mol. The van der Waals surface area contributed by atoms with E-state index in [-0.39, 0.29) is 29.8 Å². The van der Waals surface area contributed by atoms with Gasteiger partial charge in [0.2, 0.25) is 5.91 Å². The number of benzene rings is 1. The van der Waals surface area contributed by atoms with Crippen LogP contribution in [0.5, 0.6) is 0 Å². The molecule has 4 nitrogen and oxygen atoms in total. The molecule has 0 aliphatic rings. The van der Waals surface area contributed by atoms with Crippen LogP contribution in [0.15, 0.2) is 29.2 Å². The molecule has 0 aromatic heterocycles. The highest BCUT2D eigenvalue weighted by Crippen LogP contribution is 2.25. The van der Waals surface area contributed by atoms with Crippen LogP contribution in [0.1, 0.15) is 39.7 Å². The van der Waals surface area contributed by atoms with Gasteiger partial charge in [-0.05, 0) is 30.0 Å². The summed E-state index contributed by atoms with van der Waals surface area (Å²) in [7, 11) is 1.34. The lowest BCUT2D eigenvalue weighted by molar-refractivity contribution is -0.141. The number of amides is 1. The lowest BCUT2D eigenvalue weighted by Crippen LogP contribution is -2.35. The Hall–Kier alpha value is -1.49. The molecule has 1 N–H and O–H groups in total. The molecule has 0 spiro atoms. The largest absolute Gasteiger partial charge is 0.469 e. The van der Waals surface area contributed by atoms with E-state index in [2.05, 4.69) is 43.0 Å². The first kappa shape index (κ1) is 18.6. The maximum atomic E-state index is 11.8. The van der Waals surface area contributed by atoms with Crippen molar-refractivity contribution in [1.82, 2.24) is 5.32 Å². The molecule has 1 rings (SSSR count). The molecule has 1 aromatic carbocycles. The molecular weight excluding hydrogens is 298 g/mol. The van der Waals surface area contributed by atoms with E-state index in [1.165, 1.54) is 24.4 Å². The lowest BCUT2D eigenvalue weighted by Gasteiger charge is -2.19. The summed E-state index contributed by atoms with van der Waals surface area (Å²) in [5.74, 6) is -0.0695. The van der Waals surface area contributed by atoms with E-state index in [0.717, 1.165) is 4.90 Å². The Kier molecular flexibility index (Phi) is 6.94. The Labute approximate surface area is 137 Å². The standard InChI is InChI=1S/C17H25NO3S/c1-12(10-16(20)21-5)18-15(19)11-22-14-8-6-13(7-9-14)17(2,3)4/h6-9,12H,10-11H2,1-5H3,(H,18,19). The van der Waals surface area contributed by atoms with Gasteiger partial charge in [-0.15, -0.1) is 11.8 Å². The summed E-state index contributed by atoms with van der Waals surface area (Å²) in [6, 6.07) is 8.05. The van der Waals surface area contributed by atoms with E-state index >= 15 is 0 Å². The fourth-order valence-electron chi connectivity index (χ4n) is 1.90. The highest BCUT2D eigenvalue weighted by molar-refractivity contribution is 8.00. The molecule has 0 aliphatic heterocycles. The summed E-state index contributed by atoms with van der Waals surface area (Å²) < 4.78 is 4.57. The van der Waals surface area contributed by atoms with Crippen molar-refractivity contribution < 1.29 is 14.3 Å². The van der Waals surface area contributed by atoms with Gasteiger partial charge in [0, 0.05) is 10.9 Å². The number of hydrogen-bond acceptors (Lipinski definition) is 4. The number of esters is 1. The van der Waals surface area contributed by atoms with Crippen molar-refractivity contribution in [3.8, 4) is 0 Å². The van der Waals surface area contributed by atoms with E-state index in [9.17, 15) is 9.59 Å². The topological polar surface area (TPSA) is 55.4 Å². The maximum absolute atomic E-state index is 11.8. The minimum atomic E-state index is -0.321. The molecule has 0 heterocycles. The summed E-state index contributed by atoms with van der Waals surface area (Å²) in [6.07, 6.45) is 0.188. The van der Waals surface area contributed by atoms with E-state index in [4.69, 9.17) is 0 Å². The minimum Gasteiger partial charge on any atom is -0.469 e. The average Bonchev–Trinajstić information content (AvgIpc) is 2.44. The van der Waals surface area contributed by atoms with Gasteiger partial charge in [0.25, 0.3) is 0 Å². The number of ether oxygens (including phenoxy) is 1. The minimum absolute atomic E-state index is 0.0821. The second kappa shape index (κ2) is 8.22. The van der Waals surface area contributed by atoms with Crippen LogP contribution >= 0.6 is 11.8 Å². The third-order valence-electron chi connectivity index (χ3n) is 3.20. The van der Waals surface area contributed by atoms with Gasteiger partial charge in [0.1, 0.15) is 0 Å². The van der Waals surface area contributed by atoms with Crippen molar-refractivity contribution in [3.63, 3.8) is 0 Å². The quantitative estimate of drug-likeness (QED) is 0.645. The molecular formula is C17H25NO3S. The molecule has 1 aromatic rings. The zero-order chi connectivity index (χ0) is 16.8. The summed E-state index contributed by atoms with van der Waals surface area (Å²) in [5.41, 5.74) is 1.40. The first-order chi connectivity index (χ1) is 10.2. The van der Waals surface area contributed by atoms with Gasteiger partial charge in [-0.1, -0.05) is 32.9 Å². The van der Waals surface area contributed by atoms with Crippen LogP contribution in [-0.4, -0.2) is 30.8 Å². The summed E-state index contributed by atoms with van der Waals surface area (Å²) in [6.45, 7) is 8.31. The van der Waals surface area contributed by atoms with E-state index in [1.54, 1.807) is 6.92 Å². The van der Waals surface area contributed by atoms with E-state index in [1.807, 2.05) is 12.1 Å². The zero-order valence-corrected chi connectivity index (χ0v) is 14.8. The second-order valence-corrected chi connectivity index (χ2v) is 7.36. The molecule has 0 radical (unpaired) electrons. The molecule has 1 atom stereocenters. The molecule has 0 aliphatic carbocycles. The molecule has 5 heteroatoms.